The molecule has 0 saturated carbocycles. The zero-order chi connectivity index (χ0) is 20.8. The van der Waals surface area contributed by atoms with Crippen LogP contribution in [0.2, 0.25) is 0 Å². The SMILES string of the molecule is CN1C(=O)C(c2cncc(C(F)F)c2)(c2ccc(F)c(-c3cnco3)c2)N=C1N. The van der Waals surface area contributed by atoms with Crippen LogP contribution in [0.15, 0.2) is 58.7 Å². The van der Waals surface area contributed by atoms with E-state index in [0.717, 1.165) is 29.6 Å². The third kappa shape index (κ3) is 2.84. The molecule has 0 saturated heterocycles. The predicted molar refractivity (Wildman–Crippen MR) is 96.3 cm³/mol. The molecule has 4 rings (SSSR count). The normalized spacial score (nSPS) is 19.1. The lowest BCUT2D eigenvalue weighted by Gasteiger charge is -2.26. The number of likely N-dealkylation sites (N-methyl/N-ethyl adjacent to an activating group) is 1. The molecule has 1 amide bonds. The average molecular weight is 401 g/mol. The number of aliphatic imine (C=N–C) groups is 1. The van der Waals surface area contributed by atoms with Gasteiger partial charge in [-0.05, 0) is 23.8 Å². The highest BCUT2D eigenvalue weighted by molar-refractivity contribution is 6.09. The number of carbonyl (C=O) groups is 1. The van der Waals surface area contributed by atoms with Crippen molar-refractivity contribution in [3.63, 3.8) is 0 Å². The molecule has 0 fully saturated rings. The fourth-order valence-corrected chi connectivity index (χ4v) is 3.25. The van der Waals surface area contributed by atoms with Gasteiger partial charge >= 0.3 is 0 Å². The predicted octanol–water partition coefficient (Wildman–Crippen LogP) is 2.84. The van der Waals surface area contributed by atoms with E-state index >= 15 is 0 Å². The van der Waals surface area contributed by atoms with Crippen LogP contribution in [-0.4, -0.2) is 33.8 Å². The van der Waals surface area contributed by atoms with Crippen molar-refractivity contribution in [2.45, 2.75) is 12.0 Å². The number of aromatic nitrogens is 2. The summed E-state index contributed by atoms with van der Waals surface area (Å²) in [5.74, 6) is -1.17. The molecule has 0 bridgehead atoms. The van der Waals surface area contributed by atoms with Crippen LogP contribution in [0.3, 0.4) is 0 Å². The molecule has 1 atom stereocenters. The number of oxazole rings is 1. The Bertz CT molecular complexity index is 1120. The van der Waals surface area contributed by atoms with E-state index in [4.69, 9.17) is 10.2 Å². The molecular formula is C19H14F3N5O2. The maximum Gasteiger partial charge on any atom is 0.266 e. The van der Waals surface area contributed by atoms with Gasteiger partial charge in [0.15, 0.2) is 23.7 Å². The summed E-state index contributed by atoms with van der Waals surface area (Å²) >= 11 is 0. The lowest BCUT2D eigenvalue weighted by atomic mass is 9.82. The van der Waals surface area contributed by atoms with E-state index in [0.29, 0.717) is 0 Å². The lowest BCUT2D eigenvalue weighted by Crippen LogP contribution is -2.41. The third-order valence-electron chi connectivity index (χ3n) is 4.75. The molecule has 0 aliphatic carbocycles. The standard InChI is InChI=1S/C19H14F3N5O2/c1-27-17(28)19(26-18(27)23,12-4-10(16(21)22)6-24-7-12)11-2-3-14(20)13(5-11)15-8-25-9-29-15/h2-9,16H,1H3,(H2,23,26). The Morgan fingerprint density at radius 2 is 1.93 bits per heavy atom. The Kier molecular flexibility index (Phi) is 4.33. The van der Waals surface area contributed by atoms with Crippen LogP contribution in [0.4, 0.5) is 13.2 Å². The Morgan fingerprint density at radius 3 is 2.55 bits per heavy atom. The van der Waals surface area contributed by atoms with Crippen LogP contribution in [0.5, 0.6) is 0 Å². The highest BCUT2D eigenvalue weighted by atomic mass is 19.3. The number of pyridine rings is 1. The number of halogens is 3. The van der Waals surface area contributed by atoms with E-state index in [1.807, 2.05) is 0 Å². The van der Waals surface area contributed by atoms with Crippen molar-refractivity contribution in [1.29, 1.82) is 0 Å². The minimum absolute atomic E-state index is 0.0356. The number of alkyl halides is 2. The molecule has 3 heterocycles. The van der Waals surface area contributed by atoms with Crippen molar-refractivity contribution in [3.8, 4) is 11.3 Å². The van der Waals surface area contributed by atoms with Crippen molar-refractivity contribution in [2.75, 3.05) is 7.05 Å². The Morgan fingerprint density at radius 1 is 1.14 bits per heavy atom. The second kappa shape index (κ2) is 6.73. The maximum atomic E-state index is 14.4. The largest absolute Gasteiger partial charge is 0.443 e. The molecule has 1 aliphatic rings. The molecule has 1 unspecified atom stereocenters. The first kappa shape index (κ1) is 18.7. The van der Waals surface area contributed by atoms with Crippen LogP contribution in [0.25, 0.3) is 11.3 Å². The van der Waals surface area contributed by atoms with Crippen LogP contribution in [0, 0.1) is 5.82 Å². The second-order valence-corrected chi connectivity index (χ2v) is 6.41. The quantitative estimate of drug-likeness (QED) is 0.725. The molecule has 10 heteroatoms. The number of nitrogens with zero attached hydrogens (tertiary/aromatic N) is 4. The first-order chi connectivity index (χ1) is 13.8. The highest BCUT2D eigenvalue weighted by Crippen LogP contribution is 2.41. The third-order valence-corrected chi connectivity index (χ3v) is 4.75. The summed E-state index contributed by atoms with van der Waals surface area (Å²) in [6, 6.07) is 4.98. The summed E-state index contributed by atoms with van der Waals surface area (Å²) in [5, 5.41) is 0. The number of carbonyl (C=O) groups excluding carboxylic acids is 1. The van der Waals surface area contributed by atoms with Gasteiger partial charge < -0.3 is 10.2 Å². The minimum atomic E-state index is -2.80. The van der Waals surface area contributed by atoms with Crippen molar-refractivity contribution in [3.05, 3.63) is 71.8 Å². The monoisotopic (exact) mass is 401 g/mol. The van der Waals surface area contributed by atoms with Crippen molar-refractivity contribution in [2.24, 2.45) is 10.7 Å². The van der Waals surface area contributed by atoms with Crippen LogP contribution < -0.4 is 5.73 Å². The van der Waals surface area contributed by atoms with Gasteiger partial charge in [-0.15, -0.1) is 0 Å². The zero-order valence-corrected chi connectivity index (χ0v) is 15.0. The number of nitrogens with two attached hydrogens (primary N) is 1. The van der Waals surface area contributed by atoms with E-state index in [1.165, 1.54) is 31.6 Å². The van der Waals surface area contributed by atoms with Crippen molar-refractivity contribution < 1.29 is 22.4 Å². The number of hydrogen-bond donors (Lipinski definition) is 1. The van der Waals surface area contributed by atoms with E-state index in [-0.39, 0.29) is 34.0 Å². The van der Waals surface area contributed by atoms with E-state index in [2.05, 4.69) is 15.0 Å². The molecule has 1 aliphatic heterocycles. The topological polar surface area (TPSA) is 97.6 Å². The summed E-state index contributed by atoms with van der Waals surface area (Å²) in [4.78, 5) is 26.2. The van der Waals surface area contributed by atoms with Crippen LogP contribution in [0.1, 0.15) is 23.1 Å². The smallest absolute Gasteiger partial charge is 0.266 e. The first-order valence-electron chi connectivity index (χ1n) is 8.40. The molecule has 0 spiro atoms. The second-order valence-electron chi connectivity index (χ2n) is 6.41. The van der Waals surface area contributed by atoms with Gasteiger partial charge in [-0.3, -0.25) is 14.7 Å². The molecule has 148 valence electrons. The lowest BCUT2D eigenvalue weighted by molar-refractivity contribution is -0.129. The summed E-state index contributed by atoms with van der Waals surface area (Å²) in [6.45, 7) is 0. The van der Waals surface area contributed by atoms with Gasteiger partial charge in [0, 0.05) is 30.6 Å². The van der Waals surface area contributed by atoms with Gasteiger partial charge in [0.1, 0.15) is 5.82 Å². The van der Waals surface area contributed by atoms with Gasteiger partial charge in [0.05, 0.1) is 11.8 Å². The van der Waals surface area contributed by atoms with E-state index in [1.54, 1.807) is 0 Å². The minimum Gasteiger partial charge on any atom is -0.443 e. The molecule has 7 nitrogen and oxygen atoms in total. The molecule has 2 aromatic heterocycles. The summed E-state index contributed by atoms with van der Waals surface area (Å²) in [7, 11) is 1.41. The van der Waals surface area contributed by atoms with Gasteiger partial charge in [-0.2, -0.15) is 0 Å². The van der Waals surface area contributed by atoms with E-state index < -0.39 is 23.7 Å². The number of guanidine groups is 1. The fraction of sp³-hybridized carbons (Fsp3) is 0.158. The highest BCUT2D eigenvalue weighted by Gasteiger charge is 2.50. The number of amides is 1. The number of benzene rings is 1. The molecule has 29 heavy (non-hydrogen) atoms. The van der Waals surface area contributed by atoms with Crippen molar-refractivity contribution >= 4 is 11.9 Å². The fourth-order valence-electron chi connectivity index (χ4n) is 3.25. The summed E-state index contributed by atoms with van der Waals surface area (Å²) < 4.78 is 46.1. The Balaban J connectivity index is 1.98. The maximum absolute atomic E-state index is 14.4. The number of rotatable bonds is 4. The molecule has 3 aromatic rings. The molecule has 0 radical (unpaired) electrons. The Labute approximate surface area is 162 Å². The van der Waals surface area contributed by atoms with Gasteiger partial charge in [0.25, 0.3) is 12.3 Å². The average Bonchev–Trinajstić information content (AvgIpc) is 3.32. The summed E-state index contributed by atoms with van der Waals surface area (Å²) in [6.07, 6.45) is 1.92. The Hall–Kier alpha value is -3.69. The van der Waals surface area contributed by atoms with Crippen LogP contribution >= 0.6 is 0 Å². The molecule has 2 N–H and O–H groups in total. The van der Waals surface area contributed by atoms with Gasteiger partial charge in [0.2, 0.25) is 0 Å². The zero-order valence-electron chi connectivity index (χ0n) is 15.0. The van der Waals surface area contributed by atoms with Gasteiger partial charge in [-0.25, -0.2) is 23.1 Å². The number of hydrogen-bond acceptors (Lipinski definition) is 6. The van der Waals surface area contributed by atoms with E-state index in [9.17, 15) is 18.0 Å². The summed E-state index contributed by atoms with van der Waals surface area (Å²) in [5.41, 5.74) is 4.03. The van der Waals surface area contributed by atoms with Crippen molar-refractivity contribution in [1.82, 2.24) is 14.9 Å². The molecule has 1 aromatic carbocycles. The first-order valence-corrected chi connectivity index (χ1v) is 8.40. The van der Waals surface area contributed by atoms with Gasteiger partial charge in [-0.1, -0.05) is 6.07 Å². The van der Waals surface area contributed by atoms with Crippen LogP contribution in [-0.2, 0) is 10.3 Å². The molecular weight excluding hydrogens is 387 g/mol.